The summed E-state index contributed by atoms with van der Waals surface area (Å²) in [5.74, 6) is -13.4. The molecule has 0 fully saturated rings. The predicted octanol–water partition coefficient (Wildman–Crippen LogP) is 4.42. The fourth-order valence-corrected chi connectivity index (χ4v) is 1.25. The molecule has 0 saturated heterocycles. The van der Waals surface area contributed by atoms with Crippen LogP contribution in [0.2, 0.25) is 0 Å². The Morgan fingerprint density at radius 2 is 1.10 bits per heavy atom. The van der Waals surface area contributed by atoms with Gasteiger partial charge in [0.15, 0.2) is 0 Å². The Kier molecular flexibility index (Phi) is 5.17. The molecule has 13 heteroatoms. The third-order valence-electron chi connectivity index (χ3n) is 2.28. The van der Waals surface area contributed by atoms with Crippen LogP contribution in [-0.2, 0) is 4.74 Å². The van der Waals surface area contributed by atoms with E-state index < -0.39 is 42.8 Å². The van der Waals surface area contributed by atoms with Crippen LogP contribution in [-0.4, -0.2) is 42.8 Å². The minimum absolute atomic E-state index is 0.522. The smallest absolute Gasteiger partial charge is 0.337 e. The molecule has 1 nitrogen and oxygen atoms in total. The van der Waals surface area contributed by atoms with E-state index >= 15 is 0 Å². The maximum atomic E-state index is 13.3. The molecule has 0 heterocycles. The van der Waals surface area contributed by atoms with Gasteiger partial charge in [-0.05, 0) is 6.92 Å². The minimum Gasteiger partial charge on any atom is -0.337 e. The first-order chi connectivity index (χ1) is 9.00. The second-order valence-electron chi connectivity index (χ2n) is 3.61. The lowest BCUT2D eigenvalue weighted by molar-refractivity contribution is -0.450. The maximum absolute atomic E-state index is 13.3. The van der Waals surface area contributed by atoms with Gasteiger partial charge in [-0.25, -0.2) is 13.2 Å². The molecule has 0 amide bonds. The van der Waals surface area contributed by atoms with Crippen molar-refractivity contribution in [1.82, 2.24) is 0 Å². The molecule has 0 aliphatic rings. The zero-order chi connectivity index (χ0) is 17.5. The van der Waals surface area contributed by atoms with Crippen molar-refractivity contribution in [1.29, 1.82) is 0 Å². The third kappa shape index (κ3) is 2.75. The summed E-state index contributed by atoms with van der Waals surface area (Å²) in [4.78, 5) is 0. The van der Waals surface area contributed by atoms with Gasteiger partial charge in [0.1, 0.15) is 0 Å². The molecule has 0 aliphatic carbocycles. The van der Waals surface area contributed by atoms with Crippen molar-refractivity contribution in [3.8, 4) is 0 Å². The van der Waals surface area contributed by atoms with Gasteiger partial charge in [-0.1, -0.05) is 0 Å². The van der Waals surface area contributed by atoms with Crippen LogP contribution in [0.5, 0.6) is 0 Å². The molecule has 0 aromatic heterocycles. The number of rotatable bonds is 5. The highest BCUT2D eigenvalue weighted by atomic mass is 19.4. The number of hydrogen-bond acceptors (Lipinski definition) is 1. The van der Waals surface area contributed by atoms with Gasteiger partial charge in [0.05, 0.1) is 0 Å². The van der Waals surface area contributed by atoms with Crippen LogP contribution in [0.15, 0.2) is 0 Å². The standard InChI is InChI=1S/C8H6F12O/c1-2-21-4(11,3(9)10)6(13,14)5(12,7(15,16)17)8(18,19)20/h3H,2H2,1H3. The summed E-state index contributed by atoms with van der Waals surface area (Å²) in [5.41, 5.74) is -7.58. The Morgan fingerprint density at radius 3 is 1.29 bits per heavy atom. The Hall–Kier alpha value is -0.880. The summed E-state index contributed by atoms with van der Waals surface area (Å²) >= 11 is 0. The van der Waals surface area contributed by atoms with Gasteiger partial charge in [0.2, 0.25) is 0 Å². The van der Waals surface area contributed by atoms with Crippen LogP contribution in [0, 0.1) is 0 Å². The summed E-state index contributed by atoms with van der Waals surface area (Å²) in [6, 6.07) is 0. The summed E-state index contributed by atoms with van der Waals surface area (Å²) < 4.78 is 153. The molecule has 0 aliphatic heterocycles. The van der Waals surface area contributed by atoms with Crippen LogP contribution in [0.3, 0.4) is 0 Å². The highest BCUT2D eigenvalue weighted by Crippen LogP contribution is 2.59. The molecule has 0 N–H and O–H groups in total. The van der Waals surface area contributed by atoms with E-state index in [2.05, 4.69) is 4.74 Å². The van der Waals surface area contributed by atoms with Crippen LogP contribution < -0.4 is 0 Å². The normalized spacial score (nSPS) is 18.0. The molecule has 0 rings (SSSR count). The van der Waals surface area contributed by atoms with Crippen molar-refractivity contribution in [3.05, 3.63) is 0 Å². The van der Waals surface area contributed by atoms with E-state index in [1.807, 2.05) is 0 Å². The topological polar surface area (TPSA) is 9.23 Å². The molecule has 21 heavy (non-hydrogen) atoms. The van der Waals surface area contributed by atoms with Crippen molar-refractivity contribution in [2.24, 2.45) is 0 Å². The van der Waals surface area contributed by atoms with E-state index in [-0.39, 0.29) is 0 Å². The van der Waals surface area contributed by atoms with Gasteiger partial charge < -0.3 is 4.74 Å². The highest BCUT2D eigenvalue weighted by Gasteiger charge is 2.91. The lowest BCUT2D eigenvalue weighted by Gasteiger charge is -2.41. The zero-order valence-corrected chi connectivity index (χ0v) is 9.73. The molecule has 0 saturated carbocycles. The average Bonchev–Trinajstić information content (AvgIpc) is 2.24. The van der Waals surface area contributed by atoms with Crippen LogP contribution in [0.4, 0.5) is 52.7 Å². The molecular weight excluding hydrogens is 340 g/mol. The van der Waals surface area contributed by atoms with E-state index in [0.717, 1.165) is 0 Å². The van der Waals surface area contributed by atoms with Gasteiger partial charge >= 0.3 is 36.2 Å². The third-order valence-corrected chi connectivity index (χ3v) is 2.28. The van der Waals surface area contributed by atoms with Crippen LogP contribution in [0.25, 0.3) is 0 Å². The quantitative estimate of drug-likeness (QED) is 0.670. The highest BCUT2D eigenvalue weighted by molar-refractivity contribution is 5.12. The lowest BCUT2D eigenvalue weighted by atomic mass is 9.90. The molecule has 1 unspecified atom stereocenters. The summed E-state index contributed by atoms with van der Waals surface area (Å²) in [6.45, 7) is -0.948. The number of halogens is 12. The van der Waals surface area contributed by atoms with Crippen molar-refractivity contribution in [3.63, 3.8) is 0 Å². The molecule has 0 radical (unpaired) electrons. The first-order valence-electron chi connectivity index (χ1n) is 4.81. The van der Waals surface area contributed by atoms with Crippen molar-refractivity contribution < 1.29 is 57.4 Å². The van der Waals surface area contributed by atoms with Crippen LogP contribution >= 0.6 is 0 Å². The molecule has 0 spiro atoms. The fraction of sp³-hybridized carbons (Fsp3) is 1.00. The fourth-order valence-electron chi connectivity index (χ4n) is 1.25. The lowest BCUT2D eigenvalue weighted by Crippen LogP contribution is -2.73. The van der Waals surface area contributed by atoms with E-state index in [4.69, 9.17) is 0 Å². The monoisotopic (exact) mass is 346 g/mol. The van der Waals surface area contributed by atoms with E-state index in [0.29, 0.717) is 6.92 Å². The van der Waals surface area contributed by atoms with Crippen molar-refractivity contribution in [2.45, 2.75) is 43.1 Å². The summed E-state index contributed by atoms with van der Waals surface area (Å²) in [7, 11) is 0. The minimum atomic E-state index is -7.58. The van der Waals surface area contributed by atoms with E-state index in [9.17, 15) is 52.7 Å². The second-order valence-corrected chi connectivity index (χ2v) is 3.61. The predicted molar refractivity (Wildman–Crippen MR) is 42.4 cm³/mol. The average molecular weight is 346 g/mol. The largest absolute Gasteiger partial charge is 0.438 e. The van der Waals surface area contributed by atoms with Crippen LogP contribution in [0.1, 0.15) is 6.92 Å². The van der Waals surface area contributed by atoms with Gasteiger partial charge in [-0.3, -0.25) is 0 Å². The number of alkyl halides is 12. The molecule has 128 valence electrons. The summed E-state index contributed by atoms with van der Waals surface area (Å²) in [5, 5.41) is 0. The molecular formula is C8H6F12O. The SMILES string of the molecule is CCOC(F)(C(F)F)C(F)(F)C(F)(C(F)(F)F)C(F)(F)F. The molecule has 0 aromatic carbocycles. The second kappa shape index (κ2) is 5.39. The van der Waals surface area contributed by atoms with Crippen molar-refractivity contribution in [2.75, 3.05) is 6.61 Å². The van der Waals surface area contributed by atoms with E-state index in [1.165, 1.54) is 0 Å². The van der Waals surface area contributed by atoms with Gasteiger partial charge in [0.25, 0.3) is 0 Å². The Labute approximate surface area is 108 Å². The molecule has 1 atom stereocenters. The van der Waals surface area contributed by atoms with E-state index in [1.54, 1.807) is 0 Å². The number of hydrogen-bond donors (Lipinski definition) is 0. The Balaban J connectivity index is 6.37. The molecule has 0 bridgehead atoms. The van der Waals surface area contributed by atoms with Crippen molar-refractivity contribution >= 4 is 0 Å². The Morgan fingerprint density at radius 1 is 0.762 bits per heavy atom. The van der Waals surface area contributed by atoms with Gasteiger partial charge in [-0.15, -0.1) is 0 Å². The van der Waals surface area contributed by atoms with Gasteiger partial charge in [0, 0.05) is 6.61 Å². The first-order valence-corrected chi connectivity index (χ1v) is 4.81. The maximum Gasteiger partial charge on any atom is 0.438 e. The zero-order valence-electron chi connectivity index (χ0n) is 9.73. The van der Waals surface area contributed by atoms with Gasteiger partial charge in [-0.2, -0.15) is 39.5 Å². The number of ether oxygens (including phenoxy) is 1. The molecule has 0 aromatic rings. The first kappa shape index (κ1) is 20.1. The summed E-state index contributed by atoms with van der Waals surface area (Å²) in [6.07, 6.45) is -20.1. The Bertz CT molecular complexity index is 343.